The standard InChI is InChI=1S/C19H22N2O4/c1-13-7-6-8-15(14(13)2)20-18(23)11-21(3)19(24)12-25-17-10-5-4-9-16(17)22/h4-10,22H,11-12H2,1-3H3,(H,20,23). The van der Waals surface area contributed by atoms with E-state index in [1.165, 1.54) is 18.0 Å². The summed E-state index contributed by atoms with van der Waals surface area (Å²) in [6, 6.07) is 12.1. The minimum Gasteiger partial charge on any atom is -0.504 e. The van der Waals surface area contributed by atoms with E-state index in [9.17, 15) is 14.7 Å². The molecule has 0 unspecified atom stereocenters. The predicted octanol–water partition coefficient (Wildman–Crippen LogP) is 2.48. The molecule has 0 aliphatic heterocycles. The van der Waals surface area contributed by atoms with Crippen LogP contribution in [0.2, 0.25) is 0 Å². The molecule has 0 radical (unpaired) electrons. The van der Waals surface area contributed by atoms with Gasteiger partial charge in [0.2, 0.25) is 5.91 Å². The lowest BCUT2D eigenvalue weighted by Crippen LogP contribution is -2.37. The average molecular weight is 342 g/mol. The zero-order valence-corrected chi connectivity index (χ0v) is 14.6. The lowest BCUT2D eigenvalue weighted by Gasteiger charge is -2.18. The first-order valence-electron chi connectivity index (χ1n) is 7.89. The Balaban J connectivity index is 1.87. The van der Waals surface area contributed by atoms with Crippen LogP contribution in [-0.4, -0.2) is 42.0 Å². The lowest BCUT2D eigenvalue weighted by atomic mass is 10.1. The molecule has 0 bridgehead atoms. The Bertz CT molecular complexity index is 774. The van der Waals surface area contributed by atoms with Crippen molar-refractivity contribution in [2.45, 2.75) is 13.8 Å². The second-order valence-electron chi connectivity index (χ2n) is 5.80. The van der Waals surface area contributed by atoms with Crippen LogP contribution in [0.25, 0.3) is 0 Å². The fraction of sp³-hybridized carbons (Fsp3) is 0.263. The molecule has 0 aliphatic rings. The van der Waals surface area contributed by atoms with Crippen molar-refractivity contribution in [3.8, 4) is 11.5 Å². The lowest BCUT2D eigenvalue weighted by molar-refractivity contribution is -0.135. The third-order valence-electron chi connectivity index (χ3n) is 3.90. The molecule has 132 valence electrons. The number of nitrogens with zero attached hydrogens (tertiary/aromatic N) is 1. The Hall–Kier alpha value is -3.02. The Morgan fingerprint density at radius 3 is 2.56 bits per heavy atom. The van der Waals surface area contributed by atoms with E-state index in [0.29, 0.717) is 0 Å². The van der Waals surface area contributed by atoms with Crippen molar-refractivity contribution in [3.63, 3.8) is 0 Å². The van der Waals surface area contributed by atoms with Crippen LogP contribution >= 0.6 is 0 Å². The zero-order valence-electron chi connectivity index (χ0n) is 14.6. The summed E-state index contributed by atoms with van der Waals surface area (Å²) >= 11 is 0. The number of rotatable bonds is 6. The van der Waals surface area contributed by atoms with Crippen molar-refractivity contribution in [1.82, 2.24) is 4.90 Å². The number of carbonyl (C=O) groups excluding carboxylic acids is 2. The number of amides is 2. The van der Waals surface area contributed by atoms with Crippen molar-refractivity contribution in [1.29, 1.82) is 0 Å². The third-order valence-corrected chi connectivity index (χ3v) is 3.90. The maximum Gasteiger partial charge on any atom is 0.260 e. The first-order valence-corrected chi connectivity index (χ1v) is 7.89. The van der Waals surface area contributed by atoms with Crippen molar-refractivity contribution in [3.05, 3.63) is 53.6 Å². The predicted molar refractivity (Wildman–Crippen MR) is 95.8 cm³/mol. The normalized spacial score (nSPS) is 10.2. The Labute approximate surface area is 147 Å². The second kappa shape index (κ2) is 8.19. The number of phenols is 1. The van der Waals surface area contributed by atoms with E-state index in [1.807, 2.05) is 32.0 Å². The number of nitrogens with one attached hydrogen (secondary N) is 1. The molecule has 2 aromatic rings. The first-order chi connectivity index (χ1) is 11.9. The van der Waals surface area contributed by atoms with Crippen LogP contribution < -0.4 is 10.1 Å². The monoisotopic (exact) mass is 342 g/mol. The molecule has 0 aromatic heterocycles. The minimum absolute atomic E-state index is 0.0365. The molecule has 25 heavy (non-hydrogen) atoms. The number of anilines is 1. The van der Waals surface area contributed by atoms with Gasteiger partial charge in [-0.15, -0.1) is 0 Å². The third kappa shape index (κ3) is 4.97. The van der Waals surface area contributed by atoms with E-state index < -0.39 is 0 Å². The molecule has 0 fully saturated rings. The Morgan fingerprint density at radius 1 is 1.12 bits per heavy atom. The highest BCUT2D eigenvalue weighted by molar-refractivity contribution is 5.95. The van der Waals surface area contributed by atoms with E-state index in [-0.39, 0.29) is 36.5 Å². The molecule has 2 rings (SSSR count). The molecular weight excluding hydrogens is 320 g/mol. The smallest absolute Gasteiger partial charge is 0.260 e. The fourth-order valence-corrected chi connectivity index (χ4v) is 2.21. The highest BCUT2D eigenvalue weighted by atomic mass is 16.5. The molecule has 6 heteroatoms. The van der Waals surface area contributed by atoms with E-state index in [0.717, 1.165) is 16.8 Å². The van der Waals surface area contributed by atoms with E-state index in [2.05, 4.69) is 5.32 Å². The summed E-state index contributed by atoms with van der Waals surface area (Å²) < 4.78 is 5.28. The molecule has 0 heterocycles. The van der Waals surface area contributed by atoms with Gasteiger partial charge >= 0.3 is 0 Å². The highest BCUT2D eigenvalue weighted by Gasteiger charge is 2.15. The van der Waals surface area contributed by atoms with E-state index in [4.69, 9.17) is 4.74 Å². The zero-order chi connectivity index (χ0) is 18.4. The summed E-state index contributed by atoms with van der Waals surface area (Å²) in [6.45, 7) is 3.55. The maximum absolute atomic E-state index is 12.1. The fourth-order valence-electron chi connectivity index (χ4n) is 2.21. The Kier molecular flexibility index (Phi) is 6.00. The molecule has 2 N–H and O–H groups in total. The van der Waals surface area contributed by atoms with Gasteiger partial charge in [-0.2, -0.15) is 0 Å². The van der Waals surface area contributed by atoms with Gasteiger partial charge in [0.15, 0.2) is 18.1 Å². The van der Waals surface area contributed by atoms with Crippen LogP contribution in [0.3, 0.4) is 0 Å². The molecule has 0 atom stereocenters. The Morgan fingerprint density at radius 2 is 1.84 bits per heavy atom. The molecule has 0 spiro atoms. The van der Waals surface area contributed by atoms with Gasteiger partial charge in [0, 0.05) is 12.7 Å². The van der Waals surface area contributed by atoms with Gasteiger partial charge in [-0.1, -0.05) is 24.3 Å². The quantitative estimate of drug-likeness (QED) is 0.845. The van der Waals surface area contributed by atoms with Gasteiger partial charge in [0.1, 0.15) is 0 Å². The molecule has 0 aliphatic carbocycles. The molecule has 2 aromatic carbocycles. The van der Waals surface area contributed by atoms with Crippen LogP contribution in [-0.2, 0) is 9.59 Å². The number of benzene rings is 2. The molecule has 0 saturated carbocycles. The van der Waals surface area contributed by atoms with Crippen LogP contribution in [0.4, 0.5) is 5.69 Å². The van der Waals surface area contributed by atoms with Gasteiger partial charge in [-0.3, -0.25) is 9.59 Å². The number of hydrogen-bond donors (Lipinski definition) is 2. The van der Waals surface area contributed by atoms with Gasteiger partial charge < -0.3 is 20.1 Å². The number of aromatic hydroxyl groups is 1. The number of likely N-dealkylation sites (N-methyl/N-ethyl adjacent to an activating group) is 1. The van der Waals surface area contributed by atoms with Gasteiger partial charge in [0.05, 0.1) is 6.54 Å². The SMILES string of the molecule is Cc1cccc(NC(=O)CN(C)C(=O)COc2ccccc2O)c1C. The van der Waals surface area contributed by atoms with Gasteiger partial charge in [-0.05, 0) is 43.2 Å². The summed E-state index contributed by atoms with van der Waals surface area (Å²) in [5, 5.41) is 12.4. The van der Waals surface area contributed by atoms with Crippen LogP contribution in [0.15, 0.2) is 42.5 Å². The van der Waals surface area contributed by atoms with Crippen LogP contribution in [0.1, 0.15) is 11.1 Å². The molecule has 0 saturated heterocycles. The van der Waals surface area contributed by atoms with E-state index >= 15 is 0 Å². The summed E-state index contributed by atoms with van der Waals surface area (Å²) in [7, 11) is 1.53. The second-order valence-corrected chi connectivity index (χ2v) is 5.80. The molecular formula is C19H22N2O4. The van der Waals surface area contributed by atoms with Crippen molar-refractivity contribution >= 4 is 17.5 Å². The number of hydrogen-bond acceptors (Lipinski definition) is 4. The van der Waals surface area contributed by atoms with Crippen molar-refractivity contribution < 1.29 is 19.4 Å². The van der Waals surface area contributed by atoms with Crippen LogP contribution in [0, 0.1) is 13.8 Å². The number of ether oxygens (including phenoxy) is 1. The maximum atomic E-state index is 12.1. The van der Waals surface area contributed by atoms with Crippen molar-refractivity contribution in [2.75, 3.05) is 25.5 Å². The first kappa shape index (κ1) is 18.3. The summed E-state index contributed by atoms with van der Waals surface area (Å²) in [6.07, 6.45) is 0. The minimum atomic E-state index is -0.362. The molecule has 6 nitrogen and oxygen atoms in total. The number of carbonyl (C=O) groups is 2. The summed E-state index contributed by atoms with van der Waals surface area (Å²) in [5.41, 5.74) is 2.81. The van der Waals surface area contributed by atoms with Crippen molar-refractivity contribution in [2.24, 2.45) is 0 Å². The topological polar surface area (TPSA) is 78.9 Å². The molecule has 2 amide bonds. The number of aryl methyl sites for hydroxylation is 1. The van der Waals surface area contributed by atoms with Crippen LogP contribution in [0.5, 0.6) is 11.5 Å². The van der Waals surface area contributed by atoms with E-state index in [1.54, 1.807) is 18.2 Å². The average Bonchev–Trinajstić information content (AvgIpc) is 2.58. The summed E-state index contributed by atoms with van der Waals surface area (Å²) in [5.74, 6) is -0.457. The largest absolute Gasteiger partial charge is 0.504 e. The highest BCUT2D eigenvalue weighted by Crippen LogP contribution is 2.24. The summed E-state index contributed by atoms with van der Waals surface area (Å²) in [4.78, 5) is 25.5. The van der Waals surface area contributed by atoms with Gasteiger partial charge in [-0.25, -0.2) is 0 Å². The van der Waals surface area contributed by atoms with Gasteiger partial charge in [0.25, 0.3) is 5.91 Å². The number of phenolic OH excluding ortho intramolecular Hbond substituents is 1. The number of para-hydroxylation sites is 2.